The molecular formula is C12H15N5O. The average molecular weight is 245 g/mol. The fourth-order valence-electron chi connectivity index (χ4n) is 1.60. The zero-order valence-corrected chi connectivity index (χ0v) is 10.4. The summed E-state index contributed by atoms with van der Waals surface area (Å²) in [4.78, 5) is 21.8. The lowest BCUT2D eigenvalue weighted by molar-refractivity contribution is 0.0775. The van der Waals surface area contributed by atoms with E-state index >= 15 is 0 Å². The number of hydrogen-bond donors (Lipinski definition) is 1. The van der Waals surface area contributed by atoms with Gasteiger partial charge in [-0.3, -0.25) is 4.79 Å². The van der Waals surface area contributed by atoms with Crippen LogP contribution in [0.4, 0.5) is 5.82 Å². The highest BCUT2D eigenvalue weighted by molar-refractivity contribution is 5.92. The number of aryl methyl sites for hydroxylation is 1. The van der Waals surface area contributed by atoms with Crippen molar-refractivity contribution in [3.63, 3.8) is 0 Å². The zero-order chi connectivity index (χ0) is 13.1. The predicted molar refractivity (Wildman–Crippen MR) is 67.7 cm³/mol. The summed E-state index contributed by atoms with van der Waals surface area (Å²) in [5, 5.41) is 0. The Labute approximate surface area is 105 Å². The summed E-state index contributed by atoms with van der Waals surface area (Å²) in [6.45, 7) is 0.429. The second kappa shape index (κ2) is 4.87. The molecule has 0 aromatic carbocycles. The second-order valence-electron chi connectivity index (χ2n) is 4.06. The number of carbonyl (C=O) groups is 1. The van der Waals surface area contributed by atoms with Crippen LogP contribution in [0.3, 0.4) is 0 Å². The highest BCUT2D eigenvalue weighted by Crippen LogP contribution is 2.06. The highest BCUT2D eigenvalue weighted by atomic mass is 16.2. The maximum atomic E-state index is 12.1. The Kier molecular flexibility index (Phi) is 3.27. The van der Waals surface area contributed by atoms with Crippen LogP contribution in [-0.2, 0) is 13.6 Å². The Morgan fingerprint density at radius 2 is 2.28 bits per heavy atom. The lowest BCUT2D eigenvalue weighted by Gasteiger charge is -2.16. The first-order valence-electron chi connectivity index (χ1n) is 5.52. The maximum Gasteiger partial charge on any atom is 0.272 e. The molecule has 0 fully saturated rings. The summed E-state index contributed by atoms with van der Waals surface area (Å²) in [5.41, 5.74) is 5.90. The lowest BCUT2D eigenvalue weighted by atomic mass is 10.3. The van der Waals surface area contributed by atoms with Gasteiger partial charge in [0.25, 0.3) is 5.91 Å². The molecule has 0 atom stereocenters. The average Bonchev–Trinajstić information content (AvgIpc) is 2.74. The van der Waals surface area contributed by atoms with Gasteiger partial charge in [-0.15, -0.1) is 0 Å². The molecule has 1 amide bonds. The van der Waals surface area contributed by atoms with Gasteiger partial charge in [0.2, 0.25) is 0 Å². The number of imidazole rings is 1. The fraction of sp³-hybridized carbons (Fsp3) is 0.250. The Bertz CT molecular complexity index is 563. The van der Waals surface area contributed by atoms with E-state index in [1.54, 1.807) is 36.3 Å². The minimum Gasteiger partial charge on any atom is -0.384 e. The zero-order valence-electron chi connectivity index (χ0n) is 10.4. The molecule has 2 rings (SSSR count). The monoisotopic (exact) mass is 245 g/mol. The summed E-state index contributed by atoms with van der Waals surface area (Å²) in [6.07, 6.45) is 3.54. The normalized spacial score (nSPS) is 10.3. The number of nitrogens with zero attached hydrogens (tertiary/aromatic N) is 4. The van der Waals surface area contributed by atoms with Crippen LogP contribution in [0.2, 0.25) is 0 Å². The smallest absolute Gasteiger partial charge is 0.272 e. The van der Waals surface area contributed by atoms with Crippen LogP contribution >= 0.6 is 0 Å². The van der Waals surface area contributed by atoms with E-state index in [4.69, 9.17) is 5.73 Å². The lowest BCUT2D eigenvalue weighted by Crippen LogP contribution is -2.28. The molecule has 94 valence electrons. The number of amides is 1. The van der Waals surface area contributed by atoms with E-state index < -0.39 is 0 Å². The summed E-state index contributed by atoms with van der Waals surface area (Å²) >= 11 is 0. The van der Waals surface area contributed by atoms with E-state index in [2.05, 4.69) is 9.97 Å². The molecule has 2 N–H and O–H groups in total. The number of nitrogens with two attached hydrogens (primary N) is 1. The van der Waals surface area contributed by atoms with Crippen LogP contribution < -0.4 is 5.73 Å². The first kappa shape index (κ1) is 12.1. The van der Waals surface area contributed by atoms with Gasteiger partial charge in [-0.2, -0.15) is 0 Å². The molecule has 6 nitrogen and oxygen atoms in total. The third-order valence-corrected chi connectivity index (χ3v) is 2.64. The molecule has 0 saturated carbocycles. The minimum absolute atomic E-state index is 0.176. The van der Waals surface area contributed by atoms with Gasteiger partial charge in [0.1, 0.15) is 17.3 Å². The molecule has 2 heterocycles. The van der Waals surface area contributed by atoms with Crippen LogP contribution in [0.25, 0.3) is 0 Å². The molecule has 2 aromatic rings. The van der Waals surface area contributed by atoms with Crippen molar-refractivity contribution in [2.45, 2.75) is 6.54 Å². The van der Waals surface area contributed by atoms with Crippen molar-refractivity contribution < 1.29 is 4.79 Å². The summed E-state index contributed by atoms with van der Waals surface area (Å²) < 4.78 is 1.87. The van der Waals surface area contributed by atoms with E-state index in [1.807, 2.05) is 17.8 Å². The number of aromatic nitrogens is 3. The molecule has 0 saturated heterocycles. The quantitative estimate of drug-likeness (QED) is 0.862. The van der Waals surface area contributed by atoms with Crippen molar-refractivity contribution in [1.82, 2.24) is 19.4 Å². The Balaban J connectivity index is 2.12. The van der Waals surface area contributed by atoms with Gasteiger partial charge in [-0.25, -0.2) is 9.97 Å². The van der Waals surface area contributed by atoms with Gasteiger partial charge in [-0.05, 0) is 12.1 Å². The van der Waals surface area contributed by atoms with E-state index in [9.17, 15) is 4.79 Å². The third-order valence-electron chi connectivity index (χ3n) is 2.64. The summed E-state index contributed by atoms with van der Waals surface area (Å²) in [7, 11) is 3.60. The molecular weight excluding hydrogens is 230 g/mol. The molecule has 18 heavy (non-hydrogen) atoms. The Hall–Kier alpha value is -2.37. The van der Waals surface area contributed by atoms with Crippen molar-refractivity contribution in [3.8, 4) is 0 Å². The predicted octanol–water partition coefficient (Wildman–Crippen LogP) is 0.670. The van der Waals surface area contributed by atoms with E-state index in [1.165, 1.54) is 0 Å². The summed E-state index contributed by atoms with van der Waals surface area (Å²) in [6, 6.07) is 5.01. The van der Waals surface area contributed by atoms with Gasteiger partial charge in [-0.1, -0.05) is 6.07 Å². The maximum absolute atomic E-state index is 12.1. The number of nitrogen functional groups attached to an aromatic ring is 1. The SMILES string of the molecule is CN(Cc1nccn1C)C(=O)c1cccc(N)n1. The molecule has 0 bridgehead atoms. The van der Waals surface area contributed by atoms with E-state index in [0.29, 0.717) is 18.1 Å². The van der Waals surface area contributed by atoms with Gasteiger partial charge < -0.3 is 15.2 Å². The largest absolute Gasteiger partial charge is 0.384 e. The van der Waals surface area contributed by atoms with Crippen LogP contribution in [0.1, 0.15) is 16.3 Å². The minimum atomic E-state index is -0.176. The molecule has 0 unspecified atom stereocenters. The number of anilines is 1. The van der Waals surface area contributed by atoms with Crippen molar-refractivity contribution in [1.29, 1.82) is 0 Å². The molecule has 0 radical (unpaired) electrons. The first-order chi connectivity index (χ1) is 8.58. The second-order valence-corrected chi connectivity index (χ2v) is 4.06. The van der Waals surface area contributed by atoms with Gasteiger partial charge in [0.15, 0.2) is 0 Å². The fourth-order valence-corrected chi connectivity index (χ4v) is 1.60. The van der Waals surface area contributed by atoms with Crippen molar-refractivity contribution >= 4 is 11.7 Å². The van der Waals surface area contributed by atoms with Crippen LogP contribution in [0.5, 0.6) is 0 Å². The van der Waals surface area contributed by atoms with Gasteiger partial charge in [0.05, 0.1) is 6.54 Å². The summed E-state index contributed by atoms with van der Waals surface area (Å²) in [5.74, 6) is 0.978. The standard InChI is InChI=1S/C12H15N5O/c1-16-7-6-14-11(16)8-17(2)12(18)9-4-3-5-10(13)15-9/h3-7H,8H2,1-2H3,(H2,13,15). The van der Waals surface area contributed by atoms with Crippen LogP contribution in [0.15, 0.2) is 30.6 Å². The Morgan fingerprint density at radius 1 is 1.50 bits per heavy atom. The van der Waals surface area contributed by atoms with Crippen LogP contribution in [0, 0.1) is 0 Å². The van der Waals surface area contributed by atoms with Crippen molar-refractivity contribution in [2.75, 3.05) is 12.8 Å². The molecule has 2 aromatic heterocycles. The van der Waals surface area contributed by atoms with Crippen LogP contribution in [-0.4, -0.2) is 32.4 Å². The molecule has 6 heteroatoms. The van der Waals surface area contributed by atoms with Crippen molar-refractivity contribution in [2.24, 2.45) is 7.05 Å². The van der Waals surface area contributed by atoms with Crippen molar-refractivity contribution in [3.05, 3.63) is 42.1 Å². The number of hydrogen-bond acceptors (Lipinski definition) is 4. The number of pyridine rings is 1. The van der Waals surface area contributed by atoms with Gasteiger partial charge in [0, 0.05) is 26.5 Å². The third kappa shape index (κ3) is 2.48. The van der Waals surface area contributed by atoms with E-state index in [0.717, 1.165) is 5.82 Å². The molecule has 0 aliphatic rings. The number of rotatable bonds is 3. The Morgan fingerprint density at radius 3 is 2.89 bits per heavy atom. The van der Waals surface area contributed by atoms with Gasteiger partial charge >= 0.3 is 0 Å². The molecule has 0 aliphatic heterocycles. The number of carbonyl (C=O) groups excluding carboxylic acids is 1. The topological polar surface area (TPSA) is 77.0 Å². The van der Waals surface area contributed by atoms with E-state index in [-0.39, 0.29) is 5.91 Å². The molecule has 0 aliphatic carbocycles. The highest BCUT2D eigenvalue weighted by Gasteiger charge is 2.15. The first-order valence-corrected chi connectivity index (χ1v) is 5.52. The molecule has 0 spiro atoms.